The minimum Gasteiger partial charge on any atom is -0.487 e. The molecule has 0 heterocycles. The molecule has 0 atom stereocenters. The molecular formula is C26H18Br2ClNO2. The summed E-state index contributed by atoms with van der Waals surface area (Å²) in [6.07, 6.45) is 1.79. The summed E-state index contributed by atoms with van der Waals surface area (Å²) >= 11 is 13.1. The maximum absolute atomic E-state index is 6.10. The first-order valence-corrected chi connectivity index (χ1v) is 11.8. The highest BCUT2D eigenvalue weighted by Crippen LogP contribution is 2.33. The summed E-state index contributed by atoms with van der Waals surface area (Å²) in [5.74, 6) is 2.27. The number of aliphatic imine (C=N–C) groups is 1. The van der Waals surface area contributed by atoms with Crippen molar-refractivity contribution in [1.82, 2.24) is 0 Å². The molecule has 160 valence electrons. The fourth-order valence-electron chi connectivity index (χ4n) is 2.93. The lowest BCUT2D eigenvalue weighted by molar-refractivity contribution is 0.304. The third kappa shape index (κ3) is 6.22. The topological polar surface area (TPSA) is 30.8 Å². The molecule has 4 rings (SSSR count). The molecule has 0 aliphatic heterocycles. The summed E-state index contributed by atoms with van der Waals surface area (Å²) < 4.78 is 13.7. The standard InChI is InChI=1S/C26H18Br2ClNO2/c27-20-14-19(26(25(28)15-20)31-17-18-6-8-21(29)9-7-18)16-30-22-10-12-24(13-11-22)32-23-4-2-1-3-5-23/h1-16H,17H2. The summed E-state index contributed by atoms with van der Waals surface area (Å²) in [7, 11) is 0. The Morgan fingerprint density at radius 1 is 0.812 bits per heavy atom. The number of rotatable bonds is 7. The fraction of sp³-hybridized carbons (Fsp3) is 0.0385. The SMILES string of the molecule is Clc1ccc(COc2c(Br)cc(Br)cc2C=Nc2ccc(Oc3ccccc3)cc2)cc1. The van der Waals surface area contributed by atoms with Crippen LogP contribution in [0.25, 0.3) is 0 Å². The van der Waals surface area contributed by atoms with E-state index in [9.17, 15) is 0 Å². The normalized spacial score (nSPS) is 11.0. The van der Waals surface area contributed by atoms with E-state index in [1.54, 1.807) is 6.21 Å². The van der Waals surface area contributed by atoms with Gasteiger partial charge in [-0.15, -0.1) is 0 Å². The molecule has 0 fully saturated rings. The van der Waals surface area contributed by atoms with Gasteiger partial charge in [-0.1, -0.05) is 57.9 Å². The lowest BCUT2D eigenvalue weighted by Gasteiger charge is -2.12. The van der Waals surface area contributed by atoms with E-state index in [4.69, 9.17) is 21.1 Å². The zero-order valence-corrected chi connectivity index (χ0v) is 20.8. The Labute approximate surface area is 208 Å². The molecule has 0 saturated heterocycles. The Morgan fingerprint density at radius 3 is 2.22 bits per heavy atom. The predicted molar refractivity (Wildman–Crippen MR) is 138 cm³/mol. The van der Waals surface area contributed by atoms with Gasteiger partial charge in [-0.05, 0) is 82.2 Å². The predicted octanol–water partition coefficient (Wildman–Crippen LogP) is 8.99. The molecule has 6 heteroatoms. The number of halogens is 3. The van der Waals surface area contributed by atoms with Gasteiger partial charge in [0.25, 0.3) is 0 Å². The molecule has 0 radical (unpaired) electrons. The van der Waals surface area contributed by atoms with Crippen LogP contribution in [0.4, 0.5) is 5.69 Å². The third-order valence-electron chi connectivity index (χ3n) is 4.50. The molecule has 0 aromatic heterocycles. The highest BCUT2D eigenvalue weighted by Gasteiger charge is 2.10. The summed E-state index contributed by atoms with van der Waals surface area (Å²) in [4.78, 5) is 4.61. The van der Waals surface area contributed by atoms with E-state index in [0.29, 0.717) is 11.6 Å². The molecule has 32 heavy (non-hydrogen) atoms. The van der Waals surface area contributed by atoms with Crippen molar-refractivity contribution in [1.29, 1.82) is 0 Å². The quantitative estimate of drug-likeness (QED) is 0.207. The van der Waals surface area contributed by atoms with E-state index >= 15 is 0 Å². The molecule has 0 bridgehead atoms. The summed E-state index contributed by atoms with van der Waals surface area (Å²) in [5.41, 5.74) is 2.69. The number of nitrogens with zero attached hydrogens (tertiary/aromatic N) is 1. The maximum atomic E-state index is 6.10. The Bertz CT molecular complexity index is 1210. The fourth-order valence-corrected chi connectivity index (χ4v) is 4.43. The van der Waals surface area contributed by atoms with Gasteiger partial charge in [-0.25, -0.2) is 0 Å². The van der Waals surface area contributed by atoms with E-state index < -0.39 is 0 Å². The number of benzene rings is 4. The highest BCUT2D eigenvalue weighted by atomic mass is 79.9. The maximum Gasteiger partial charge on any atom is 0.142 e. The molecule has 0 saturated carbocycles. The number of hydrogen-bond acceptors (Lipinski definition) is 3. The molecule has 0 aliphatic rings. The number of para-hydroxylation sites is 1. The van der Waals surface area contributed by atoms with Crippen molar-refractivity contribution >= 4 is 55.4 Å². The van der Waals surface area contributed by atoms with Crippen LogP contribution in [-0.4, -0.2) is 6.21 Å². The smallest absolute Gasteiger partial charge is 0.142 e. The summed E-state index contributed by atoms with van der Waals surface area (Å²) in [6, 6.07) is 28.8. The van der Waals surface area contributed by atoms with Crippen molar-refractivity contribution in [3.63, 3.8) is 0 Å². The molecule has 0 N–H and O–H groups in total. The van der Waals surface area contributed by atoms with Crippen molar-refractivity contribution < 1.29 is 9.47 Å². The summed E-state index contributed by atoms with van der Waals surface area (Å²) in [5, 5.41) is 0.701. The van der Waals surface area contributed by atoms with Gasteiger partial charge in [0.15, 0.2) is 0 Å². The molecule has 3 nitrogen and oxygen atoms in total. The van der Waals surface area contributed by atoms with Crippen LogP contribution in [0.3, 0.4) is 0 Å². The first-order valence-electron chi connectivity index (χ1n) is 9.80. The largest absolute Gasteiger partial charge is 0.487 e. The minimum absolute atomic E-state index is 0.420. The van der Waals surface area contributed by atoms with Crippen LogP contribution in [0.2, 0.25) is 5.02 Å². The Kier molecular flexibility index (Phi) is 7.63. The second kappa shape index (κ2) is 10.8. The van der Waals surface area contributed by atoms with Gasteiger partial charge in [-0.3, -0.25) is 4.99 Å². The lowest BCUT2D eigenvalue weighted by atomic mass is 10.2. The van der Waals surface area contributed by atoms with Crippen LogP contribution in [0.15, 0.2) is 105 Å². The van der Waals surface area contributed by atoms with Gasteiger partial charge < -0.3 is 9.47 Å². The van der Waals surface area contributed by atoms with Crippen molar-refractivity contribution in [2.24, 2.45) is 4.99 Å². The summed E-state index contributed by atoms with van der Waals surface area (Å²) in [6.45, 7) is 0.420. The van der Waals surface area contributed by atoms with Gasteiger partial charge in [0.1, 0.15) is 23.9 Å². The van der Waals surface area contributed by atoms with Gasteiger partial charge in [-0.2, -0.15) is 0 Å². The van der Waals surface area contributed by atoms with E-state index in [0.717, 1.165) is 43.0 Å². The van der Waals surface area contributed by atoms with Gasteiger partial charge >= 0.3 is 0 Å². The number of hydrogen-bond donors (Lipinski definition) is 0. The second-order valence-electron chi connectivity index (χ2n) is 6.89. The van der Waals surface area contributed by atoms with Crippen LogP contribution in [0, 0.1) is 0 Å². The van der Waals surface area contributed by atoms with E-state index in [1.165, 1.54) is 0 Å². The van der Waals surface area contributed by atoms with Crippen LogP contribution < -0.4 is 9.47 Å². The van der Waals surface area contributed by atoms with Crippen LogP contribution in [0.5, 0.6) is 17.2 Å². The first-order chi connectivity index (χ1) is 15.6. The van der Waals surface area contributed by atoms with Crippen molar-refractivity contribution in [3.8, 4) is 17.2 Å². The molecule has 4 aromatic rings. The van der Waals surface area contributed by atoms with Crippen LogP contribution in [0.1, 0.15) is 11.1 Å². The molecule has 0 spiro atoms. The zero-order chi connectivity index (χ0) is 22.3. The molecule has 0 unspecified atom stereocenters. The van der Waals surface area contributed by atoms with Crippen LogP contribution >= 0.6 is 43.5 Å². The second-order valence-corrected chi connectivity index (χ2v) is 9.09. The minimum atomic E-state index is 0.420. The Morgan fingerprint density at radius 2 is 1.50 bits per heavy atom. The number of ether oxygens (including phenoxy) is 2. The van der Waals surface area contributed by atoms with E-state index in [2.05, 4.69) is 36.9 Å². The van der Waals surface area contributed by atoms with Crippen LogP contribution in [-0.2, 0) is 6.61 Å². The lowest BCUT2D eigenvalue weighted by Crippen LogP contribution is -1.99. The van der Waals surface area contributed by atoms with E-state index in [1.807, 2.05) is 91.0 Å². The monoisotopic (exact) mass is 569 g/mol. The highest BCUT2D eigenvalue weighted by molar-refractivity contribution is 9.11. The molecule has 4 aromatic carbocycles. The Balaban J connectivity index is 1.49. The van der Waals surface area contributed by atoms with E-state index in [-0.39, 0.29) is 0 Å². The molecule has 0 aliphatic carbocycles. The average molecular weight is 572 g/mol. The Hall–Kier alpha value is -2.60. The van der Waals surface area contributed by atoms with Crippen molar-refractivity contribution in [2.45, 2.75) is 6.61 Å². The van der Waals surface area contributed by atoms with Gasteiger partial charge in [0, 0.05) is 21.3 Å². The molecule has 0 amide bonds. The van der Waals surface area contributed by atoms with Gasteiger partial charge in [0.05, 0.1) is 10.2 Å². The average Bonchev–Trinajstić information content (AvgIpc) is 2.80. The van der Waals surface area contributed by atoms with Crippen molar-refractivity contribution in [3.05, 3.63) is 116 Å². The van der Waals surface area contributed by atoms with Crippen molar-refractivity contribution in [2.75, 3.05) is 0 Å². The van der Waals surface area contributed by atoms with Gasteiger partial charge in [0.2, 0.25) is 0 Å². The third-order valence-corrected chi connectivity index (χ3v) is 5.80. The zero-order valence-electron chi connectivity index (χ0n) is 16.8. The first kappa shape index (κ1) is 22.6. The molecular weight excluding hydrogens is 554 g/mol.